The number of nitrogens with zero attached hydrogens (tertiary/aromatic N) is 3. The normalized spacial score (nSPS) is 14.8. The van der Waals surface area contributed by atoms with E-state index in [0.29, 0.717) is 22.4 Å². The van der Waals surface area contributed by atoms with Gasteiger partial charge in [-0.05, 0) is 31.4 Å². The highest BCUT2D eigenvalue weighted by molar-refractivity contribution is 7.15. The van der Waals surface area contributed by atoms with Gasteiger partial charge in [-0.15, -0.1) is 10.2 Å². The minimum atomic E-state index is -0.469. The lowest BCUT2D eigenvalue weighted by atomic mass is 9.90. The van der Waals surface area contributed by atoms with Crippen molar-refractivity contribution in [3.63, 3.8) is 0 Å². The minimum Gasteiger partial charge on any atom is -0.483 e. The van der Waals surface area contributed by atoms with E-state index in [9.17, 15) is 14.9 Å². The summed E-state index contributed by atoms with van der Waals surface area (Å²) in [6, 6.07) is 4.25. The zero-order valence-corrected chi connectivity index (χ0v) is 15.3. The number of amides is 1. The number of aromatic nitrogens is 2. The van der Waals surface area contributed by atoms with E-state index < -0.39 is 4.92 Å². The van der Waals surface area contributed by atoms with Gasteiger partial charge >= 0.3 is 0 Å². The van der Waals surface area contributed by atoms with Crippen LogP contribution in [-0.4, -0.2) is 27.6 Å². The largest absolute Gasteiger partial charge is 0.483 e. The summed E-state index contributed by atoms with van der Waals surface area (Å²) in [4.78, 5) is 22.3. The number of nitro benzene ring substituents is 1. The number of hydrogen-bond acceptors (Lipinski definition) is 7. The van der Waals surface area contributed by atoms with Crippen LogP contribution in [0.3, 0.4) is 0 Å². The number of nitrogens with one attached hydrogen (secondary N) is 1. The fourth-order valence-electron chi connectivity index (χ4n) is 3.01. The van der Waals surface area contributed by atoms with Crippen molar-refractivity contribution < 1.29 is 14.5 Å². The average molecular weight is 376 g/mol. The van der Waals surface area contributed by atoms with Crippen LogP contribution in [0.4, 0.5) is 10.8 Å². The van der Waals surface area contributed by atoms with Crippen molar-refractivity contribution in [2.24, 2.45) is 0 Å². The Bertz CT molecular complexity index is 802. The molecule has 0 bridgehead atoms. The van der Waals surface area contributed by atoms with Crippen LogP contribution in [0.15, 0.2) is 18.2 Å². The Morgan fingerprint density at radius 3 is 2.81 bits per heavy atom. The lowest BCUT2D eigenvalue weighted by Gasteiger charge is -2.18. The van der Waals surface area contributed by atoms with Gasteiger partial charge in [-0.3, -0.25) is 20.2 Å². The highest BCUT2D eigenvalue weighted by atomic mass is 32.1. The maximum Gasteiger partial charge on any atom is 0.269 e. The number of rotatable bonds is 6. The van der Waals surface area contributed by atoms with Crippen molar-refractivity contribution in [1.29, 1.82) is 0 Å². The molecular weight excluding hydrogens is 356 g/mol. The SMILES string of the molecule is Cc1cc([N+](=O)[O-])ccc1OCC(=O)Nc1nnc(C2CCCCC2)s1. The number of benzene rings is 1. The Balaban J connectivity index is 1.53. The van der Waals surface area contributed by atoms with Crippen LogP contribution < -0.4 is 10.1 Å². The third-order valence-electron chi connectivity index (χ3n) is 4.37. The first-order chi connectivity index (χ1) is 12.5. The monoisotopic (exact) mass is 376 g/mol. The van der Waals surface area contributed by atoms with Gasteiger partial charge in [0.15, 0.2) is 6.61 Å². The summed E-state index contributed by atoms with van der Waals surface area (Å²) in [5, 5.41) is 23.1. The van der Waals surface area contributed by atoms with E-state index in [4.69, 9.17) is 4.74 Å². The maximum atomic E-state index is 12.1. The molecule has 138 valence electrons. The Morgan fingerprint density at radius 2 is 2.12 bits per heavy atom. The van der Waals surface area contributed by atoms with Crippen molar-refractivity contribution in [2.75, 3.05) is 11.9 Å². The number of aryl methyl sites for hydroxylation is 1. The number of carbonyl (C=O) groups excluding carboxylic acids is 1. The number of nitro groups is 1. The number of hydrogen-bond donors (Lipinski definition) is 1. The van der Waals surface area contributed by atoms with E-state index in [-0.39, 0.29) is 18.2 Å². The lowest BCUT2D eigenvalue weighted by Crippen LogP contribution is -2.20. The smallest absolute Gasteiger partial charge is 0.269 e. The van der Waals surface area contributed by atoms with Crippen LogP contribution in [0.5, 0.6) is 5.75 Å². The molecule has 3 rings (SSSR count). The molecule has 1 amide bonds. The number of carbonyl (C=O) groups is 1. The lowest BCUT2D eigenvalue weighted by molar-refractivity contribution is -0.384. The van der Waals surface area contributed by atoms with E-state index in [2.05, 4.69) is 15.5 Å². The number of ether oxygens (including phenoxy) is 1. The first-order valence-corrected chi connectivity index (χ1v) is 9.35. The summed E-state index contributed by atoms with van der Waals surface area (Å²) in [7, 11) is 0. The zero-order valence-electron chi connectivity index (χ0n) is 14.4. The Kier molecular flexibility index (Phi) is 5.77. The molecule has 1 aromatic carbocycles. The van der Waals surface area contributed by atoms with E-state index in [1.54, 1.807) is 6.92 Å². The average Bonchev–Trinajstić information content (AvgIpc) is 3.09. The van der Waals surface area contributed by atoms with Crippen molar-refractivity contribution in [3.8, 4) is 5.75 Å². The molecule has 1 aliphatic carbocycles. The Morgan fingerprint density at radius 1 is 1.35 bits per heavy atom. The second-order valence-electron chi connectivity index (χ2n) is 6.32. The summed E-state index contributed by atoms with van der Waals surface area (Å²) in [5.41, 5.74) is 0.589. The van der Waals surface area contributed by atoms with Gasteiger partial charge in [0.25, 0.3) is 11.6 Å². The molecule has 1 fully saturated rings. The predicted octanol–water partition coefficient (Wildman–Crippen LogP) is 3.82. The van der Waals surface area contributed by atoms with Crippen LogP contribution in [0.1, 0.15) is 48.6 Å². The van der Waals surface area contributed by atoms with Gasteiger partial charge in [0, 0.05) is 18.1 Å². The molecule has 0 radical (unpaired) electrons. The third kappa shape index (κ3) is 4.54. The first kappa shape index (κ1) is 18.2. The van der Waals surface area contributed by atoms with Crippen molar-refractivity contribution >= 4 is 28.1 Å². The first-order valence-electron chi connectivity index (χ1n) is 8.54. The highest BCUT2D eigenvalue weighted by Crippen LogP contribution is 2.35. The predicted molar refractivity (Wildman–Crippen MR) is 97.7 cm³/mol. The van der Waals surface area contributed by atoms with Crippen LogP contribution >= 0.6 is 11.3 Å². The molecule has 1 saturated carbocycles. The van der Waals surface area contributed by atoms with Gasteiger partial charge in [-0.1, -0.05) is 30.6 Å². The molecule has 0 atom stereocenters. The standard InChI is InChI=1S/C17H20N4O4S/c1-11-9-13(21(23)24)7-8-14(11)25-10-15(22)18-17-20-19-16(26-17)12-5-3-2-4-6-12/h7-9,12H,2-6,10H2,1H3,(H,18,20,22). The van der Waals surface area contributed by atoms with E-state index in [0.717, 1.165) is 17.8 Å². The van der Waals surface area contributed by atoms with Crippen LogP contribution in [0, 0.1) is 17.0 Å². The van der Waals surface area contributed by atoms with Gasteiger partial charge in [0.05, 0.1) is 4.92 Å². The van der Waals surface area contributed by atoms with Gasteiger partial charge in [0.1, 0.15) is 10.8 Å². The van der Waals surface area contributed by atoms with Crippen molar-refractivity contribution in [3.05, 3.63) is 38.9 Å². The van der Waals surface area contributed by atoms with Gasteiger partial charge in [-0.2, -0.15) is 0 Å². The summed E-state index contributed by atoms with van der Waals surface area (Å²) in [6.07, 6.45) is 5.97. The second-order valence-corrected chi connectivity index (χ2v) is 7.33. The third-order valence-corrected chi connectivity index (χ3v) is 5.37. The summed E-state index contributed by atoms with van der Waals surface area (Å²) >= 11 is 1.41. The zero-order chi connectivity index (χ0) is 18.5. The quantitative estimate of drug-likeness (QED) is 0.606. The van der Waals surface area contributed by atoms with Crippen molar-refractivity contribution in [2.45, 2.75) is 44.9 Å². The molecule has 1 aromatic heterocycles. The van der Waals surface area contributed by atoms with Gasteiger partial charge < -0.3 is 4.74 Å². The molecule has 26 heavy (non-hydrogen) atoms. The van der Waals surface area contributed by atoms with Crippen LogP contribution in [-0.2, 0) is 4.79 Å². The second kappa shape index (κ2) is 8.22. The fraction of sp³-hybridized carbons (Fsp3) is 0.471. The molecule has 1 N–H and O–H groups in total. The molecule has 8 nitrogen and oxygen atoms in total. The summed E-state index contributed by atoms with van der Waals surface area (Å²) in [6.45, 7) is 1.50. The molecule has 0 aliphatic heterocycles. The molecule has 0 unspecified atom stereocenters. The molecule has 0 saturated heterocycles. The van der Waals surface area contributed by atoms with Gasteiger partial charge in [-0.25, -0.2) is 0 Å². The molecule has 1 aliphatic rings. The topological polar surface area (TPSA) is 107 Å². The molecule has 0 spiro atoms. The Hall–Kier alpha value is -2.55. The van der Waals surface area contributed by atoms with Crippen molar-refractivity contribution in [1.82, 2.24) is 10.2 Å². The number of anilines is 1. The summed E-state index contributed by atoms with van der Waals surface area (Å²) in [5.74, 6) is 0.547. The maximum absolute atomic E-state index is 12.1. The van der Waals surface area contributed by atoms with E-state index in [1.807, 2.05) is 0 Å². The summed E-state index contributed by atoms with van der Waals surface area (Å²) < 4.78 is 5.45. The van der Waals surface area contributed by atoms with E-state index >= 15 is 0 Å². The Labute approximate surface area is 154 Å². The molecule has 9 heteroatoms. The molecular formula is C17H20N4O4S. The van der Waals surface area contributed by atoms with E-state index in [1.165, 1.54) is 48.8 Å². The van der Waals surface area contributed by atoms with Crippen LogP contribution in [0.2, 0.25) is 0 Å². The highest BCUT2D eigenvalue weighted by Gasteiger charge is 2.20. The molecule has 1 heterocycles. The molecule has 2 aromatic rings. The minimum absolute atomic E-state index is 0.0107. The number of non-ortho nitro benzene ring substituents is 1. The fourth-order valence-corrected chi connectivity index (χ4v) is 3.94. The van der Waals surface area contributed by atoms with Gasteiger partial charge in [0.2, 0.25) is 5.13 Å². The van der Waals surface area contributed by atoms with Crippen LogP contribution in [0.25, 0.3) is 0 Å².